The zero-order valence-electron chi connectivity index (χ0n) is 20.7. The molecule has 2 heterocycles. The van der Waals surface area contributed by atoms with Crippen molar-refractivity contribution in [1.29, 1.82) is 0 Å². The molecule has 0 bridgehead atoms. The first-order valence-electron chi connectivity index (χ1n) is 12.2. The molecule has 1 fully saturated rings. The lowest BCUT2D eigenvalue weighted by Gasteiger charge is -2.33. The number of piperidine rings is 1. The molecule has 0 radical (unpaired) electrons. The van der Waals surface area contributed by atoms with Crippen molar-refractivity contribution < 1.29 is 31.9 Å². The van der Waals surface area contributed by atoms with E-state index in [1.165, 1.54) is 7.11 Å². The van der Waals surface area contributed by atoms with Gasteiger partial charge in [0.05, 0.1) is 24.7 Å². The fourth-order valence-electron chi connectivity index (χ4n) is 4.55. The van der Waals surface area contributed by atoms with Crippen molar-refractivity contribution >= 4 is 17.6 Å². The Morgan fingerprint density at radius 2 is 1.84 bits per heavy atom. The highest BCUT2D eigenvalue weighted by molar-refractivity contribution is 5.86. The van der Waals surface area contributed by atoms with E-state index < -0.39 is 35.5 Å². The number of benzene rings is 2. The normalized spacial score (nSPS) is 15.2. The zero-order valence-corrected chi connectivity index (χ0v) is 20.7. The first kappa shape index (κ1) is 27.2. The molecule has 2 aromatic carbocycles. The topological polar surface area (TPSA) is 76.5 Å². The predicted molar refractivity (Wildman–Crippen MR) is 132 cm³/mol. The second-order valence-electron chi connectivity index (χ2n) is 9.27. The Hall–Kier alpha value is -3.89. The summed E-state index contributed by atoms with van der Waals surface area (Å²) < 4.78 is 59.8. The van der Waals surface area contributed by atoms with Gasteiger partial charge >= 0.3 is 12.1 Å². The Morgan fingerprint density at radius 1 is 1.13 bits per heavy atom. The summed E-state index contributed by atoms with van der Waals surface area (Å²) in [5.41, 5.74) is 0.765. The Balaban J connectivity index is 1.35. The number of methoxy groups -OCH3 is 1. The monoisotopic (exact) mass is 532 g/mol. The molecule has 1 aromatic heterocycles. The van der Waals surface area contributed by atoms with Gasteiger partial charge in [-0.15, -0.1) is 0 Å². The van der Waals surface area contributed by atoms with Gasteiger partial charge in [-0.1, -0.05) is 30.3 Å². The van der Waals surface area contributed by atoms with Gasteiger partial charge in [0.15, 0.2) is 0 Å². The molecule has 38 heavy (non-hydrogen) atoms. The lowest BCUT2D eigenvalue weighted by molar-refractivity contribution is -0.145. The highest BCUT2D eigenvalue weighted by Crippen LogP contribution is 2.34. The van der Waals surface area contributed by atoms with E-state index >= 15 is 0 Å². The Labute approximate surface area is 217 Å². The van der Waals surface area contributed by atoms with Crippen LogP contribution in [0.15, 0.2) is 61.1 Å². The maximum absolute atomic E-state index is 13.8. The van der Waals surface area contributed by atoms with Gasteiger partial charge in [0, 0.05) is 43.9 Å². The SMILES string of the molecule is COC(=O)[C@H](Cc1cn(Cc2ccccc2)cn1)NC(=O)C1CCN(c2cc(F)cc(C(F)(F)F)c2)CC1. The average molecular weight is 533 g/mol. The van der Waals surface area contributed by atoms with Crippen LogP contribution in [0.3, 0.4) is 0 Å². The number of hydrogen-bond donors (Lipinski definition) is 1. The molecule has 11 heteroatoms. The summed E-state index contributed by atoms with van der Waals surface area (Å²) in [6.07, 6.45) is -0.378. The summed E-state index contributed by atoms with van der Waals surface area (Å²) >= 11 is 0. The van der Waals surface area contributed by atoms with Gasteiger partial charge in [-0.25, -0.2) is 14.2 Å². The number of amides is 1. The highest BCUT2D eigenvalue weighted by atomic mass is 19.4. The number of rotatable bonds is 8. The average Bonchev–Trinajstić information content (AvgIpc) is 3.34. The molecule has 1 aliphatic heterocycles. The van der Waals surface area contributed by atoms with Gasteiger partial charge in [-0.3, -0.25) is 4.79 Å². The minimum atomic E-state index is -4.66. The van der Waals surface area contributed by atoms with Gasteiger partial charge in [0.2, 0.25) is 5.91 Å². The molecule has 1 atom stereocenters. The van der Waals surface area contributed by atoms with Crippen molar-refractivity contribution in [2.75, 3.05) is 25.1 Å². The molecule has 3 aromatic rings. The number of nitrogens with one attached hydrogen (secondary N) is 1. The first-order valence-corrected chi connectivity index (χ1v) is 12.2. The van der Waals surface area contributed by atoms with Crippen LogP contribution in [-0.2, 0) is 33.5 Å². The van der Waals surface area contributed by atoms with Crippen molar-refractivity contribution in [1.82, 2.24) is 14.9 Å². The van der Waals surface area contributed by atoms with E-state index in [0.29, 0.717) is 31.1 Å². The maximum Gasteiger partial charge on any atom is 0.416 e. The molecule has 0 saturated carbocycles. The number of imidazole rings is 1. The van der Waals surface area contributed by atoms with Gasteiger partial charge in [0.25, 0.3) is 0 Å². The molecular formula is C27H28F4N4O3. The molecule has 1 aliphatic rings. The van der Waals surface area contributed by atoms with E-state index in [9.17, 15) is 27.2 Å². The Morgan fingerprint density at radius 3 is 2.50 bits per heavy atom. The third kappa shape index (κ3) is 6.90. The zero-order chi connectivity index (χ0) is 27.3. The highest BCUT2D eigenvalue weighted by Gasteiger charge is 2.33. The third-order valence-corrected chi connectivity index (χ3v) is 6.55. The molecule has 4 rings (SSSR count). The van der Waals surface area contributed by atoms with Gasteiger partial charge in [-0.2, -0.15) is 13.2 Å². The summed E-state index contributed by atoms with van der Waals surface area (Å²) in [6.45, 7) is 1.15. The molecule has 7 nitrogen and oxygen atoms in total. The summed E-state index contributed by atoms with van der Waals surface area (Å²) in [5, 5.41) is 2.75. The number of ether oxygens (including phenoxy) is 1. The van der Waals surface area contributed by atoms with E-state index in [1.54, 1.807) is 11.2 Å². The summed E-state index contributed by atoms with van der Waals surface area (Å²) in [5.74, 6) is -2.38. The summed E-state index contributed by atoms with van der Waals surface area (Å²) in [6, 6.07) is 11.3. The van der Waals surface area contributed by atoms with E-state index in [2.05, 4.69) is 10.3 Å². The standard InChI is InChI=1S/C27H28F4N4O3/c1-38-26(37)24(14-22-16-34(17-32-22)15-18-5-3-2-4-6-18)33-25(36)19-7-9-35(10-8-19)23-12-20(27(29,30)31)11-21(28)13-23/h2-6,11-13,16-17,19,24H,7-10,14-15H2,1H3,(H,33,36)/t24-/m0/s1. The van der Waals surface area contributed by atoms with E-state index in [1.807, 2.05) is 41.1 Å². The number of anilines is 1. The van der Waals surface area contributed by atoms with Crippen LogP contribution >= 0.6 is 0 Å². The number of halogens is 4. The van der Waals surface area contributed by atoms with Crippen LogP contribution in [0, 0.1) is 11.7 Å². The van der Waals surface area contributed by atoms with E-state index in [4.69, 9.17) is 4.74 Å². The first-order chi connectivity index (χ1) is 18.1. The number of nitrogens with zero attached hydrogens (tertiary/aromatic N) is 3. The minimum absolute atomic E-state index is 0.120. The van der Waals surface area contributed by atoms with Gasteiger partial charge < -0.3 is 19.5 Å². The second-order valence-corrected chi connectivity index (χ2v) is 9.27. The fourth-order valence-corrected chi connectivity index (χ4v) is 4.55. The Bertz CT molecular complexity index is 1250. The van der Waals surface area contributed by atoms with Crippen LogP contribution in [0.2, 0.25) is 0 Å². The quantitative estimate of drug-likeness (QED) is 0.348. The van der Waals surface area contributed by atoms with Crippen LogP contribution in [0.1, 0.15) is 29.7 Å². The molecule has 202 valence electrons. The second kappa shape index (κ2) is 11.7. The molecule has 1 amide bonds. The van der Waals surface area contributed by atoms with Crippen molar-refractivity contribution in [3.8, 4) is 0 Å². The van der Waals surface area contributed by atoms with Crippen molar-refractivity contribution in [3.63, 3.8) is 0 Å². The number of esters is 1. The molecule has 1 saturated heterocycles. The number of alkyl halides is 3. The summed E-state index contributed by atoms with van der Waals surface area (Å²) in [7, 11) is 1.24. The van der Waals surface area contributed by atoms with E-state index in [0.717, 1.165) is 17.7 Å². The van der Waals surface area contributed by atoms with Crippen LogP contribution in [0.25, 0.3) is 0 Å². The van der Waals surface area contributed by atoms with Gasteiger partial charge in [-0.05, 0) is 36.6 Å². The number of carbonyl (C=O) groups excluding carboxylic acids is 2. The lowest BCUT2D eigenvalue weighted by Crippen LogP contribution is -2.48. The van der Waals surface area contributed by atoms with Crippen molar-refractivity contribution in [2.45, 2.75) is 38.0 Å². The fraction of sp³-hybridized carbons (Fsp3) is 0.370. The third-order valence-electron chi connectivity index (χ3n) is 6.55. The van der Waals surface area contributed by atoms with Crippen LogP contribution in [0.4, 0.5) is 23.2 Å². The van der Waals surface area contributed by atoms with Crippen LogP contribution in [0.5, 0.6) is 0 Å². The van der Waals surface area contributed by atoms with Gasteiger partial charge in [0.1, 0.15) is 11.9 Å². The molecular weight excluding hydrogens is 504 g/mol. The predicted octanol–water partition coefficient (Wildman–Crippen LogP) is 4.21. The maximum atomic E-state index is 13.8. The Kier molecular flexibility index (Phi) is 8.33. The lowest BCUT2D eigenvalue weighted by atomic mass is 9.94. The largest absolute Gasteiger partial charge is 0.467 e. The molecule has 0 aliphatic carbocycles. The minimum Gasteiger partial charge on any atom is -0.467 e. The smallest absolute Gasteiger partial charge is 0.416 e. The molecule has 0 unspecified atom stereocenters. The number of carbonyl (C=O) groups is 2. The van der Waals surface area contributed by atoms with Crippen LogP contribution in [-0.4, -0.2) is 47.7 Å². The van der Waals surface area contributed by atoms with Crippen LogP contribution < -0.4 is 10.2 Å². The molecule has 0 spiro atoms. The molecule has 1 N–H and O–H groups in total. The number of aromatic nitrogens is 2. The van der Waals surface area contributed by atoms with Crippen molar-refractivity contribution in [3.05, 3.63) is 83.7 Å². The van der Waals surface area contributed by atoms with Crippen molar-refractivity contribution in [2.24, 2.45) is 5.92 Å². The van der Waals surface area contributed by atoms with E-state index in [-0.39, 0.29) is 31.1 Å². The summed E-state index contributed by atoms with van der Waals surface area (Å²) in [4.78, 5) is 31.4. The number of hydrogen-bond acceptors (Lipinski definition) is 5.